The Balaban J connectivity index is 2.25. The summed E-state index contributed by atoms with van der Waals surface area (Å²) < 4.78 is 0. The number of carbonyl (C=O) groups is 1. The molecule has 1 N–H and O–H groups in total. The van der Waals surface area contributed by atoms with Crippen LogP contribution in [0.2, 0.25) is 0 Å². The Morgan fingerprint density at radius 2 is 2.14 bits per heavy atom. The maximum absolute atomic E-state index is 10.5. The SMILES string of the molecule is CC(=O)NCCN=Cc1ccccc1. The van der Waals surface area contributed by atoms with E-state index in [2.05, 4.69) is 10.3 Å². The second kappa shape index (κ2) is 5.91. The first-order chi connectivity index (χ1) is 6.79. The van der Waals surface area contributed by atoms with Gasteiger partial charge in [0.05, 0.1) is 6.54 Å². The Bertz CT molecular complexity index is 306. The van der Waals surface area contributed by atoms with Crippen molar-refractivity contribution in [3.63, 3.8) is 0 Å². The second-order valence-corrected chi connectivity index (χ2v) is 2.93. The van der Waals surface area contributed by atoms with Crippen molar-refractivity contribution >= 4 is 12.1 Å². The van der Waals surface area contributed by atoms with E-state index in [0.29, 0.717) is 13.1 Å². The van der Waals surface area contributed by atoms with E-state index in [1.54, 1.807) is 0 Å². The van der Waals surface area contributed by atoms with Crippen LogP contribution in [0.1, 0.15) is 12.5 Å². The van der Waals surface area contributed by atoms with Crippen molar-refractivity contribution in [1.82, 2.24) is 5.32 Å². The smallest absolute Gasteiger partial charge is 0.216 e. The van der Waals surface area contributed by atoms with E-state index in [9.17, 15) is 4.79 Å². The minimum atomic E-state index is -0.0140. The van der Waals surface area contributed by atoms with E-state index in [4.69, 9.17) is 0 Å². The summed E-state index contributed by atoms with van der Waals surface area (Å²) in [4.78, 5) is 14.7. The third-order valence-electron chi connectivity index (χ3n) is 1.65. The number of nitrogens with one attached hydrogen (secondary N) is 1. The van der Waals surface area contributed by atoms with Crippen LogP contribution >= 0.6 is 0 Å². The molecule has 1 rings (SSSR count). The molecule has 0 saturated heterocycles. The summed E-state index contributed by atoms with van der Waals surface area (Å²) in [7, 11) is 0. The molecule has 0 spiro atoms. The van der Waals surface area contributed by atoms with Crippen molar-refractivity contribution in [1.29, 1.82) is 0 Å². The predicted octanol–water partition coefficient (Wildman–Crippen LogP) is 1.24. The molecule has 0 aliphatic heterocycles. The van der Waals surface area contributed by atoms with Gasteiger partial charge in [0.15, 0.2) is 0 Å². The molecule has 0 saturated carbocycles. The molecule has 0 unspecified atom stereocenters. The summed E-state index contributed by atoms with van der Waals surface area (Å²) in [5.41, 5.74) is 1.08. The van der Waals surface area contributed by atoms with Gasteiger partial charge in [-0.1, -0.05) is 30.3 Å². The summed E-state index contributed by atoms with van der Waals surface area (Å²) in [6.45, 7) is 2.72. The minimum absolute atomic E-state index is 0.0140. The fraction of sp³-hybridized carbons (Fsp3) is 0.273. The Morgan fingerprint density at radius 3 is 2.79 bits per heavy atom. The molecule has 0 aliphatic rings. The summed E-state index contributed by atoms with van der Waals surface area (Å²) in [5, 5.41) is 2.68. The van der Waals surface area contributed by atoms with Gasteiger partial charge in [0.1, 0.15) is 0 Å². The number of hydrogen-bond acceptors (Lipinski definition) is 2. The van der Waals surface area contributed by atoms with E-state index in [1.165, 1.54) is 6.92 Å². The van der Waals surface area contributed by atoms with Crippen LogP contribution in [0.5, 0.6) is 0 Å². The van der Waals surface area contributed by atoms with Crippen molar-refractivity contribution in [2.75, 3.05) is 13.1 Å². The lowest BCUT2D eigenvalue weighted by Gasteiger charge is -1.96. The van der Waals surface area contributed by atoms with E-state index < -0.39 is 0 Å². The van der Waals surface area contributed by atoms with Crippen LogP contribution in [0.15, 0.2) is 35.3 Å². The molecule has 0 aromatic heterocycles. The number of carbonyl (C=O) groups excluding carboxylic acids is 1. The van der Waals surface area contributed by atoms with Crippen LogP contribution in [0, 0.1) is 0 Å². The molecule has 0 heterocycles. The fourth-order valence-electron chi connectivity index (χ4n) is 1.01. The quantitative estimate of drug-likeness (QED) is 0.563. The summed E-state index contributed by atoms with van der Waals surface area (Å²) in [5.74, 6) is -0.0140. The number of nitrogens with zero attached hydrogens (tertiary/aromatic N) is 1. The van der Waals surface area contributed by atoms with Crippen LogP contribution in [0.25, 0.3) is 0 Å². The van der Waals surface area contributed by atoms with Gasteiger partial charge in [0, 0.05) is 19.7 Å². The maximum atomic E-state index is 10.5. The summed E-state index contributed by atoms with van der Waals surface area (Å²) in [6.07, 6.45) is 1.81. The standard InChI is InChI=1S/C11H14N2O/c1-10(14)13-8-7-12-9-11-5-3-2-4-6-11/h2-6,9H,7-8H2,1H3,(H,13,14). The van der Waals surface area contributed by atoms with E-state index in [0.717, 1.165) is 5.56 Å². The Morgan fingerprint density at radius 1 is 1.43 bits per heavy atom. The average Bonchev–Trinajstić information content (AvgIpc) is 2.18. The molecule has 14 heavy (non-hydrogen) atoms. The van der Waals surface area contributed by atoms with Gasteiger partial charge in [-0.2, -0.15) is 0 Å². The van der Waals surface area contributed by atoms with Crippen LogP contribution in [-0.4, -0.2) is 25.2 Å². The zero-order chi connectivity index (χ0) is 10.2. The largest absolute Gasteiger partial charge is 0.354 e. The van der Waals surface area contributed by atoms with E-state index >= 15 is 0 Å². The molecule has 1 aromatic rings. The molecular formula is C11H14N2O. The van der Waals surface area contributed by atoms with Crippen molar-refractivity contribution in [2.24, 2.45) is 4.99 Å². The molecular weight excluding hydrogens is 176 g/mol. The highest BCUT2D eigenvalue weighted by Gasteiger charge is 1.87. The zero-order valence-electron chi connectivity index (χ0n) is 8.23. The van der Waals surface area contributed by atoms with Crippen molar-refractivity contribution < 1.29 is 4.79 Å². The molecule has 1 aromatic carbocycles. The van der Waals surface area contributed by atoms with Crippen LogP contribution < -0.4 is 5.32 Å². The summed E-state index contributed by atoms with van der Waals surface area (Å²) in [6, 6.07) is 9.88. The van der Waals surface area contributed by atoms with Crippen molar-refractivity contribution in [3.05, 3.63) is 35.9 Å². The molecule has 0 bridgehead atoms. The van der Waals surface area contributed by atoms with Crippen LogP contribution in [-0.2, 0) is 4.79 Å². The number of amides is 1. The van der Waals surface area contributed by atoms with E-state index in [-0.39, 0.29) is 5.91 Å². The fourth-order valence-corrected chi connectivity index (χ4v) is 1.01. The third kappa shape index (κ3) is 4.40. The number of hydrogen-bond donors (Lipinski definition) is 1. The Kier molecular flexibility index (Phi) is 4.41. The molecule has 3 heteroatoms. The lowest BCUT2D eigenvalue weighted by molar-refractivity contribution is -0.118. The van der Waals surface area contributed by atoms with Gasteiger partial charge in [0.2, 0.25) is 5.91 Å². The molecule has 0 fully saturated rings. The molecule has 0 aliphatic carbocycles. The van der Waals surface area contributed by atoms with Crippen molar-refractivity contribution in [3.8, 4) is 0 Å². The third-order valence-corrected chi connectivity index (χ3v) is 1.65. The van der Waals surface area contributed by atoms with Gasteiger partial charge in [-0.3, -0.25) is 9.79 Å². The first-order valence-electron chi connectivity index (χ1n) is 4.58. The Hall–Kier alpha value is -1.64. The molecule has 74 valence electrons. The number of rotatable bonds is 4. The van der Waals surface area contributed by atoms with Crippen LogP contribution in [0.4, 0.5) is 0 Å². The van der Waals surface area contributed by atoms with Gasteiger partial charge in [-0.15, -0.1) is 0 Å². The average molecular weight is 190 g/mol. The molecule has 3 nitrogen and oxygen atoms in total. The second-order valence-electron chi connectivity index (χ2n) is 2.93. The maximum Gasteiger partial charge on any atom is 0.216 e. The van der Waals surface area contributed by atoms with Gasteiger partial charge in [-0.05, 0) is 5.56 Å². The van der Waals surface area contributed by atoms with E-state index in [1.807, 2.05) is 36.5 Å². The lowest BCUT2D eigenvalue weighted by Crippen LogP contribution is -2.22. The van der Waals surface area contributed by atoms with Gasteiger partial charge < -0.3 is 5.32 Å². The summed E-state index contributed by atoms with van der Waals surface area (Å²) >= 11 is 0. The highest BCUT2D eigenvalue weighted by atomic mass is 16.1. The monoisotopic (exact) mass is 190 g/mol. The lowest BCUT2D eigenvalue weighted by atomic mass is 10.2. The molecule has 0 radical (unpaired) electrons. The highest BCUT2D eigenvalue weighted by Crippen LogP contribution is 1.93. The van der Waals surface area contributed by atoms with Gasteiger partial charge in [-0.25, -0.2) is 0 Å². The minimum Gasteiger partial charge on any atom is -0.354 e. The highest BCUT2D eigenvalue weighted by molar-refractivity contribution is 5.79. The first-order valence-corrected chi connectivity index (χ1v) is 4.58. The zero-order valence-corrected chi connectivity index (χ0v) is 8.23. The van der Waals surface area contributed by atoms with Crippen LogP contribution in [0.3, 0.4) is 0 Å². The van der Waals surface area contributed by atoms with Gasteiger partial charge in [0.25, 0.3) is 0 Å². The molecule has 1 amide bonds. The number of aliphatic imine (C=N–C) groups is 1. The van der Waals surface area contributed by atoms with Crippen molar-refractivity contribution in [2.45, 2.75) is 6.92 Å². The number of benzene rings is 1. The van der Waals surface area contributed by atoms with Gasteiger partial charge >= 0.3 is 0 Å². The Labute approximate surface area is 83.9 Å². The topological polar surface area (TPSA) is 41.5 Å². The normalized spacial score (nSPS) is 10.4. The predicted molar refractivity (Wildman–Crippen MR) is 57.6 cm³/mol. The molecule has 0 atom stereocenters. The first kappa shape index (κ1) is 10.4.